The SMILES string of the molecule is O=C(NCCc1nc2ccccc2n1Cc1ccc(Br)cc1)c1ccco1. The highest BCUT2D eigenvalue weighted by Crippen LogP contribution is 2.19. The van der Waals surface area contributed by atoms with E-state index in [1.807, 2.05) is 30.3 Å². The summed E-state index contributed by atoms with van der Waals surface area (Å²) in [5.41, 5.74) is 3.25. The maximum atomic E-state index is 12.0. The van der Waals surface area contributed by atoms with Crippen LogP contribution in [-0.2, 0) is 13.0 Å². The number of rotatable bonds is 6. The minimum atomic E-state index is -0.212. The maximum absolute atomic E-state index is 12.0. The molecule has 0 saturated carbocycles. The lowest BCUT2D eigenvalue weighted by Crippen LogP contribution is -2.26. The van der Waals surface area contributed by atoms with Gasteiger partial charge in [0.25, 0.3) is 5.91 Å². The number of fused-ring (bicyclic) bond motifs is 1. The summed E-state index contributed by atoms with van der Waals surface area (Å²) in [6.45, 7) is 1.22. The molecule has 1 N–H and O–H groups in total. The van der Waals surface area contributed by atoms with Gasteiger partial charge in [0.05, 0.1) is 17.3 Å². The van der Waals surface area contributed by atoms with Crippen molar-refractivity contribution in [3.05, 3.63) is 88.5 Å². The standard InChI is InChI=1S/C21H18BrN3O2/c22-16-9-7-15(8-10-16)14-25-18-5-2-1-4-17(18)24-20(25)11-12-23-21(26)19-6-3-13-27-19/h1-10,13H,11-12,14H2,(H,23,26). The molecule has 27 heavy (non-hydrogen) atoms. The highest BCUT2D eigenvalue weighted by molar-refractivity contribution is 9.10. The number of halogens is 1. The normalized spacial score (nSPS) is 11.0. The number of para-hydroxylation sites is 2. The zero-order chi connectivity index (χ0) is 18.6. The van der Waals surface area contributed by atoms with Gasteiger partial charge in [-0.15, -0.1) is 0 Å². The van der Waals surface area contributed by atoms with Crippen molar-refractivity contribution in [2.24, 2.45) is 0 Å². The number of hydrogen-bond donors (Lipinski definition) is 1. The monoisotopic (exact) mass is 423 g/mol. The summed E-state index contributed by atoms with van der Waals surface area (Å²) >= 11 is 3.47. The van der Waals surface area contributed by atoms with Crippen LogP contribution in [0.3, 0.4) is 0 Å². The number of carbonyl (C=O) groups is 1. The number of amides is 1. The van der Waals surface area contributed by atoms with Gasteiger partial charge in [-0.1, -0.05) is 40.2 Å². The summed E-state index contributed by atoms with van der Waals surface area (Å²) in [6, 6.07) is 19.7. The van der Waals surface area contributed by atoms with Crippen LogP contribution in [0, 0.1) is 0 Å². The van der Waals surface area contributed by atoms with Crippen LogP contribution in [-0.4, -0.2) is 22.0 Å². The number of carbonyl (C=O) groups excluding carboxylic acids is 1. The van der Waals surface area contributed by atoms with Gasteiger partial charge in [0.2, 0.25) is 0 Å². The molecule has 0 unspecified atom stereocenters. The van der Waals surface area contributed by atoms with E-state index in [9.17, 15) is 4.79 Å². The molecule has 0 aliphatic carbocycles. The molecule has 5 nitrogen and oxygen atoms in total. The van der Waals surface area contributed by atoms with Crippen LogP contribution >= 0.6 is 15.9 Å². The Bertz CT molecular complexity index is 1050. The van der Waals surface area contributed by atoms with E-state index in [4.69, 9.17) is 9.40 Å². The molecule has 0 fully saturated rings. The Morgan fingerprint density at radius 3 is 2.67 bits per heavy atom. The first-order valence-corrected chi connectivity index (χ1v) is 9.50. The number of benzene rings is 2. The van der Waals surface area contributed by atoms with Crippen LogP contribution < -0.4 is 5.32 Å². The summed E-state index contributed by atoms with van der Waals surface area (Å²) < 4.78 is 8.39. The molecule has 2 aromatic heterocycles. The Balaban J connectivity index is 1.54. The van der Waals surface area contributed by atoms with E-state index in [0.29, 0.717) is 18.7 Å². The molecule has 136 valence electrons. The van der Waals surface area contributed by atoms with Crippen molar-refractivity contribution in [3.63, 3.8) is 0 Å². The van der Waals surface area contributed by atoms with Crippen LogP contribution in [0.1, 0.15) is 21.9 Å². The Hall–Kier alpha value is -2.86. The zero-order valence-electron chi connectivity index (χ0n) is 14.6. The second-order valence-electron chi connectivity index (χ2n) is 6.21. The fraction of sp³-hybridized carbons (Fsp3) is 0.143. The van der Waals surface area contributed by atoms with Crippen molar-refractivity contribution in [3.8, 4) is 0 Å². The molecule has 0 aliphatic heterocycles. The lowest BCUT2D eigenvalue weighted by Gasteiger charge is -2.10. The predicted octanol–water partition coefficient (Wildman–Crippen LogP) is 4.41. The minimum Gasteiger partial charge on any atom is -0.459 e. The number of nitrogens with zero attached hydrogens (tertiary/aromatic N) is 2. The van der Waals surface area contributed by atoms with Crippen molar-refractivity contribution in [2.45, 2.75) is 13.0 Å². The molecule has 6 heteroatoms. The van der Waals surface area contributed by atoms with E-state index in [1.165, 1.54) is 11.8 Å². The fourth-order valence-corrected chi connectivity index (χ4v) is 3.31. The average Bonchev–Trinajstić information content (AvgIpc) is 3.33. The number of hydrogen-bond acceptors (Lipinski definition) is 3. The lowest BCUT2D eigenvalue weighted by atomic mass is 10.2. The third kappa shape index (κ3) is 3.95. The summed E-state index contributed by atoms with van der Waals surface area (Å²) in [4.78, 5) is 16.8. The van der Waals surface area contributed by atoms with Crippen LogP contribution in [0.5, 0.6) is 0 Å². The lowest BCUT2D eigenvalue weighted by molar-refractivity contribution is 0.0926. The van der Waals surface area contributed by atoms with Crippen molar-refractivity contribution < 1.29 is 9.21 Å². The van der Waals surface area contributed by atoms with Crippen LogP contribution in [0.15, 0.2) is 75.8 Å². The molecule has 4 aromatic rings. The van der Waals surface area contributed by atoms with Crippen molar-refractivity contribution >= 4 is 32.9 Å². The minimum absolute atomic E-state index is 0.212. The molecule has 0 radical (unpaired) electrons. The van der Waals surface area contributed by atoms with Gasteiger partial charge in [0.1, 0.15) is 5.82 Å². The van der Waals surface area contributed by atoms with Crippen molar-refractivity contribution in [2.75, 3.05) is 6.54 Å². The number of aromatic nitrogens is 2. The van der Waals surface area contributed by atoms with Gasteiger partial charge in [0, 0.05) is 24.0 Å². The second-order valence-corrected chi connectivity index (χ2v) is 7.13. The first-order chi connectivity index (χ1) is 13.2. The van der Waals surface area contributed by atoms with E-state index in [-0.39, 0.29) is 5.91 Å². The molecule has 2 heterocycles. The van der Waals surface area contributed by atoms with Crippen molar-refractivity contribution in [1.82, 2.24) is 14.9 Å². The molecule has 0 bridgehead atoms. The highest BCUT2D eigenvalue weighted by Gasteiger charge is 2.12. The van der Waals surface area contributed by atoms with Gasteiger partial charge in [0.15, 0.2) is 5.76 Å². The van der Waals surface area contributed by atoms with Crippen LogP contribution in [0.25, 0.3) is 11.0 Å². The number of furan rings is 1. The van der Waals surface area contributed by atoms with E-state index in [2.05, 4.69) is 44.0 Å². The predicted molar refractivity (Wildman–Crippen MR) is 108 cm³/mol. The van der Waals surface area contributed by atoms with Gasteiger partial charge >= 0.3 is 0 Å². The van der Waals surface area contributed by atoms with Gasteiger partial charge in [-0.3, -0.25) is 4.79 Å². The topological polar surface area (TPSA) is 60.1 Å². The smallest absolute Gasteiger partial charge is 0.286 e. The number of nitrogens with one attached hydrogen (secondary N) is 1. The summed E-state index contributed by atoms with van der Waals surface area (Å²) in [5.74, 6) is 1.05. The third-order valence-corrected chi connectivity index (χ3v) is 4.90. The van der Waals surface area contributed by atoms with E-state index < -0.39 is 0 Å². The Morgan fingerprint density at radius 2 is 1.89 bits per heavy atom. The Labute approximate surface area is 165 Å². The van der Waals surface area contributed by atoms with Gasteiger partial charge in [-0.05, 0) is 42.0 Å². The molecule has 0 atom stereocenters. The van der Waals surface area contributed by atoms with Gasteiger partial charge in [-0.25, -0.2) is 4.98 Å². The van der Waals surface area contributed by atoms with Gasteiger partial charge < -0.3 is 14.3 Å². The van der Waals surface area contributed by atoms with E-state index >= 15 is 0 Å². The first-order valence-electron chi connectivity index (χ1n) is 8.71. The van der Waals surface area contributed by atoms with Crippen LogP contribution in [0.2, 0.25) is 0 Å². The summed E-state index contributed by atoms with van der Waals surface area (Å²) in [5, 5.41) is 2.88. The second kappa shape index (κ2) is 7.80. The summed E-state index contributed by atoms with van der Waals surface area (Å²) in [6.07, 6.45) is 2.13. The largest absolute Gasteiger partial charge is 0.459 e. The molecule has 2 aromatic carbocycles. The van der Waals surface area contributed by atoms with Gasteiger partial charge in [-0.2, -0.15) is 0 Å². The third-order valence-electron chi connectivity index (χ3n) is 4.37. The molecule has 0 spiro atoms. The summed E-state index contributed by atoms with van der Waals surface area (Å²) in [7, 11) is 0. The highest BCUT2D eigenvalue weighted by atomic mass is 79.9. The van der Waals surface area contributed by atoms with Crippen LogP contribution in [0.4, 0.5) is 0 Å². The molecular formula is C21H18BrN3O2. The molecule has 0 aliphatic rings. The first kappa shape index (κ1) is 17.5. The molecule has 1 amide bonds. The molecule has 4 rings (SSSR count). The van der Waals surface area contributed by atoms with E-state index in [1.54, 1.807) is 12.1 Å². The molecule has 0 saturated heterocycles. The maximum Gasteiger partial charge on any atom is 0.286 e. The fourth-order valence-electron chi connectivity index (χ4n) is 3.05. The quantitative estimate of drug-likeness (QED) is 0.499. The number of imidazole rings is 1. The van der Waals surface area contributed by atoms with Crippen molar-refractivity contribution in [1.29, 1.82) is 0 Å². The Kier molecular flexibility index (Phi) is 5.07. The Morgan fingerprint density at radius 1 is 1.07 bits per heavy atom. The molecular weight excluding hydrogens is 406 g/mol. The van der Waals surface area contributed by atoms with E-state index in [0.717, 1.165) is 27.9 Å². The zero-order valence-corrected chi connectivity index (χ0v) is 16.1. The average molecular weight is 424 g/mol.